The summed E-state index contributed by atoms with van der Waals surface area (Å²) in [5.74, 6) is -0.401. The van der Waals surface area contributed by atoms with Crippen LogP contribution < -0.4 is 5.32 Å². The zero-order valence-corrected chi connectivity index (χ0v) is 15.8. The lowest BCUT2D eigenvalue weighted by molar-refractivity contribution is -0.129. The van der Waals surface area contributed by atoms with Crippen molar-refractivity contribution >= 4 is 35.0 Å². The Hall–Kier alpha value is -2.04. The summed E-state index contributed by atoms with van der Waals surface area (Å²) in [7, 11) is 0. The van der Waals surface area contributed by atoms with E-state index in [1.807, 2.05) is 30.3 Å². The summed E-state index contributed by atoms with van der Waals surface area (Å²) < 4.78 is 0. The maximum absolute atomic E-state index is 12.4. The van der Waals surface area contributed by atoms with Gasteiger partial charge in [0, 0.05) is 36.1 Å². The summed E-state index contributed by atoms with van der Waals surface area (Å²) in [4.78, 5) is 26.4. The number of carbonyl (C=O) groups is 2. The molecule has 6 heteroatoms. The lowest BCUT2D eigenvalue weighted by Crippen LogP contribution is -2.33. The first-order chi connectivity index (χ1) is 12.5. The molecule has 1 heterocycles. The van der Waals surface area contributed by atoms with Crippen LogP contribution in [-0.2, 0) is 22.6 Å². The number of halogens is 2. The van der Waals surface area contributed by atoms with Crippen LogP contribution in [0, 0.1) is 5.92 Å². The van der Waals surface area contributed by atoms with Crippen LogP contribution in [0.15, 0.2) is 48.5 Å². The third-order valence-electron chi connectivity index (χ3n) is 4.57. The van der Waals surface area contributed by atoms with Crippen molar-refractivity contribution in [3.8, 4) is 0 Å². The van der Waals surface area contributed by atoms with Gasteiger partial charge in [-0.1, -0.05) is 59.6 Å². The number of nitrogens with zero attached hydrogens (tertiary/aromatic N) is 1. The van der Waals surface area contributed by atoms with Crippen molar-refractivity contribution in [2.45, 2.75) is 19.4 Å². The van der Waals surface area contributed by atoms with Crippen LogP contribution in [0.3, 0.4) is 0 Å². The second kappa shape index (κ2) is 8.56. The molecule has 1 aliphatic rings. The highest BCUT2D eigenvalue weighted by Gasteiger charge is 2.33. The monoisotopic (exact) mass is 390 g/mol. The van der Waals surface area contributed by atoms with Gasteiger partial charge in [0.1, 0.15) is 0 Å². The zero-order chi connectivity index (χ0) is 18.5. The van der Waals surface area contributed by atoms with E-state index in [0.717, 1.165) is 12.0 Å². The lowest BCUT2D eigenvalue weighted by atomic mass is 10.1. The molecule has 0 aromatic heterocycles. The highest BCUT2D eigenvalue weighted by molar-refractivity contribution is 6.35. The minimum atomic E-state index is -0.315. The van der Waals surface area contributed by atoms with Gasteiger partial charge in [0.15, 0.2) is 0 Å². The Kier molecular flexibility index (Phi) is 6.17. The first-order valence-electron chi connectivity index (χ1n) is 8.56. The van der Waals surface area contributed by atoms with E-state index in [9.17, 15) is 9.59 Å². The standard InChI is InChI=1S/C20H20Cl2N2O2/c21-17-7-6-15(18(22)11-17)12-23-20(26)16-10-19(25)24(13-16)9-8-14-4-2-1-3-5-14/h1-7,11,16H,8-10,12-13H2,(H,23,26). The largest absolute Gasteiger partial charge is 0.352 e. The normalized spacial score (nSPS) is 16.8. The van der Waals surface area contributed by atoms with Crippen LogP contribution in [0.1, 0.15) is 17.5 Å². The van der Waals surface area contributed by atoms with E-state index in [-0.39, 0.29) is 24.2 Å². The van der Waals surface area contributed by atoms with E-state index >= 15 is 0 Å². The Balaban J connectivity index is 1.50. The molecule has 0 radical (unpaired) electrons. The van der Waals surface area contributed by atoms with Crippen LogP contribution in [0.4, 0.5) is 0 Å². The Morgan fingerprint density at radius 3 is 2.65 bits per heavy atom. The molecule has 4 nitrogen and oxygen atoms in total. The summed E-state index contributed by atoms with van der Waals surface area (Å²) in [5.41, 5.74) is 1.99. The molecule has 1 unspecified atom stereocenters. The molecule has 0 spiro atoms. The minimum Gasteiger partial charge on any atom is -0.352 e. The summed E-state index contributed by atoms with van der Waals surface area (Å²) >= 11 is 12.0. The molecule has 3 rings (SSSR count). The molecule has 0 bridgehead atoms. The number of hydrogen-bond donors (Lipinski definition) is 1. The van der Waals surface area contributed by atoms with Crippen molar-refractivity contribution in [1.29, 1.82) is 0 Å². The maximum Gasteiger partial charge on any atom is 0.225 e. The van der Waals surface area contributed by atoms with Crippen LogP contribution in [0.2, 0.25) is 10.0 Å². The molecule has 1 aliphatic heterocycles. The van der Waals surface area contributed by atoms with Crippen molar-refractivity contribution in [2.75, 3.05) is 13.1 Å². The summed E-state index contributed by atoms with van der Waals surface area (Å²) in [5, 5.41) is 3.95. The first-order valence-corrected chi connectivity index (χ1v) is 9.32. The van der Waals surface area contributed by atoms with Crippen LogP contribution in [0.25, 0.3) is 0 Å². The second-order valence-electron chi connectivity index (χ2n) is 6.43. The summed E-state index contributed by atoms with van der Waals surface area (Å²) in [6.07, 6.45) is 1.05. The molecule has 2 amide bonds. The predicted molar refractivity (Wildman–Crippen MR) is 103 cm³/mol. The Bertz CT molecular complexity index is 796. The number of benzene rings is 2. The average Bonchev–Trinajstić information content (AvgIpc) is 3.01. The number of likely N-dealkylation sites (tertiary alicyclic amines) is 1. The SMILES string of the molecule is O=C(NCc1ccc(Cl)cc1Cl)C1CC(=O)N(CCc2ccccc2)C1. The smallest absolute Gasteiger partial charge is 0.225 e. The van der Waals surface area contributed by atoms with Crippen LogP contribution >= 0.6 is 23.2 Å². The molecule has 26 heavy (non-hydrogen) atoms. The molecular weight excluding hydrogens is 371 g/mol. The molecule has 2 aromatic rings. The van der Waals surface area contributed by atoms with Gasteiger partial charge in [-0.05, 0) is 29.7 Å². The fraction of sp³-hybridized carbons (Fsp3) is 0.300. The number of amides is 2. The number of hydrogen-bond acceptors (Lipinski definition) is 2. The summed E-state index contributed by atoms with van der Waals surface area (Å²) in [6.45, 7) is 1.42. The molecular formula is C20H20Cl2N2O2. The fourth-order valence-corrected chi connectivity index (χ4v) is 3.54. The van der Waals surface area contributed by atoms with Crippen molar-refractivity contribution in [1.82, 2.24) is 10.2 Å². The van der Waals surface area contributed by atoms with Gasteiger partial charge in [0.2, 0.25) is 11.8 Å². The molecule has 2 aromatic carbocycles. The molecule has 136 valence electrons. The Morgan fingerprint density at radius 2 is 1.92 bits per heavy atom. The lowest BCUT2D eigenvalue weighted by Gasteiger charge is -2.16. The minimum absolute atomic E-state index is 0.0330. The molecule has 0 aliphatic carbocycles. The van der Waals surface area contributed by atoms with Gasteiger partial charge >= 0.3 is 0 Å². The first kappa shape index (κ1) is 18.7. The molecule has 1 fully saturated rings. The predicted octanol–water partition coefficient (Wildman–Crippen LogP) is 3.70. The van der Waals surface area contributed by atoms with E-state index in [1.54, 1.807) is 23.1 Å². The number of carbonyl (C=O) groups excluding carboxylic acids is 2. The average molecular weight is 391 g/mol. The quantitative estimate of drug-likeness (QED) is 0.817. The fourth-order valence-electron chi connectivity index (χ4n) is 3.06. The van der Waals surface area contributed by atoms with Crippen molar-refractivity contribution in [3.05, 3.63) is 69.7 Å². The third-order valence-corrected chi connectivity index (χ3v) is 5.15. The Labute approximate surface area is 163 Å². The summed E-state index contributed by atoms with van der Waals surface area (Å²) in [6, 6.07) is 15.2. The Morgan fingerprint density at radius 1 is 1.15 bits per heavy atom. The van der Waals surface area contributed by atoms with Crippen LogP contribution in [0.5, 0.6) is 0 Å². The van der Waals surface area contributed by atoms with Gasteiger partial charge in [-0.2, -0.15) is 0 Å². The van der Waals surface area contributed by atoms with Crippen molar-refractivity contribution in [2.24, 2.45) is 5.92 Å². The van der Waals surface area contributed by atoms with E-state index in [4.69, 9.17) is 23.2 Å². The van der Waals surface area contributed by atoms with Gasteiger partial charge in [0.05, 0.1) is 5.92 Å². The maximum atomic E-state index is 12.4. The van der Waals surface area contributed by atoms with E-state index in [2.05, 4.69) is 5.32 Å². The number of rotatable bonds is 6. The molecule has 1 atom stereocenters. The van der Waals surface area contributed by atoms with Gasteiger partial charge in [0.25, 0.3) is 0 Å². The third kappa shape index (κ3) is 4.77. The zero-order valence-electron chi connectivity index (χ0n) is 14.3. The van der Waals surface area contributed by atoms with Gasteiger partial charge in [-0.3, -0.25) is 9.59 Å². The topological polar surface area (TPSA) is 49.4 Å². The van der Waals surface area contributed by atoms with E-state index in [0.29, 0.717) is 29.7 Å². The molecule has 0 saturated carbocycles. The highest BCUT2D eigenvalue weighted by atomic mass is 35.5. The van der Waals surface area contributed by atoms with Crippen molar-refractivity contribution < 1.29 is 9.59 Å². The van der Waals surface area contributed by atoms with E-state index < -0.39 is 0 Å². The second-order valence-corrected chi connectivity index (χ2v) is 7.27. The van der Waals surface area contributed by atoms with Crippen molar-refractivity contribution in [3.63, 3.8) is 0 Å². The van der Waals surface area contributed by atoms with E-state index in [1.165, 1.54) is 5.56 Å². The van der Waals surface area contributed by atoms with Gasteiger partial charge in [-0.15, -0.1) is 0 Å². The number of nitrogens with one attached hydrogen (secondary N) is 1. The van der Waals surface area contributed by atoms with Gasteiger partial charge < -0.3 is 10.2 Å². The van der Waals surface area contributed by atoms with Gasteiger partial charge in [-0.25, -0.2) is 0 Å². The molecule has 1 saturated heterocycles. The highest BCUT2D eigenvalue weighted by Crippen LogP contribution is 2.22. The molecule has 1 N–H and O–H groups in total. The van der Waals surface area contributed by atoms with Crippen LogP contribution in [-0.4, -0.2) is 29.8 Å².